The lowest BCUT2D eigenvalue weighted by Gasteiger charge is -1.90. The highest BCUT2D eigenvalue weighted by atomic mass is 19.1. The molecule has 0 aliphatic rings. The van der Waals surface area contributed by atoms with Gasteiger partial charge >= 0.3 is 0 Å². The fourth-order valence-electron chi connectivity index (χ4n) is 0.955. The Morgan fingerprint density at radius 3 is 2.46 bits per heavy atom. The second kappa shape index (κ2) is 5.31. The Balaban J connectivity index is 2.59. The summed E-state index contributed by atoms with van der Waals surface area (Å²) in [6.07, 6.45) is 9.00. The Bertz CT molecular complexity index is 293. The first-order valence-corrected chi connectivity index (χ1v) is 4.41. The highest BCUT2D eigenvalue weighted by Crippen LogP contribution is 2.04. The standard InChI is InChI=1S/C12H13F/c1-2-3-4-5-6-11-7-9-12(13)10-8-11/h3-10H,2H2,1H3/b4-3-,6-5+. The first-order valence-electron chi connectivity index (χ1n) is 4.41. The van der Waals surface area contributed by atoms with Gasteiger partial charge in [-0.2, -0.15) is 0 Å². The Morgan fingerprint density at radius 1 is 1.15 bits per heavy atom. The number of benzene rings is 1. The third-order valence-electron chi connectivity index (χ3n) is 1.64. The topological polar surface area (TPSA) is 0 Å². The zero-order valence-electron chi connectivity index (χ0n) is 7.70. The zero-order chi connectivity index (χ0) is 9.52. The summed E-state index contributed by atoms with van der Waals surface area (Å²) in [6, 6.07) is 6.43. The van der Waals surface area contributed by atoms with Crippen LogP contribution >= 0.6 is 0 Å². The van der Waals surface area contributed by atoms with E-state index in [1.165, 1.54) is 12.1 Å². The smallest absolute Gasteiger partial charge is 0.123 e. The second-order valence-electron chi connectivity index (χ2n) is 2.75. The van der Waals surface area contributed by atoms with E-state index in [1.807, 2.05) is 18.2 Å². The van der Waals surface area contributed by atoms with E-state index < -0.39 is 0 Å². The van der Waals surface area contributed by atoms with Crippen LogP contribution in [0.25, 0.3) is 6.08 Å². The first kappa shape index (κ1) is 9.72. The highest BCUT2D eigenvalue weighted by molar-refractivity contribution is 5.50. The summed E-state index contributed by atoms with van der Waals surface area (Å²) in [5.74, 6) is -0.193. The summed E-state index contributed by atoms with van der Waals surface area (Å²) in [5.41, 5.74) is 1.02. The molecule has 0 N–H and O–H groups in total. The Kier molecular flexibility index (Phi) is 3.97. The number of halogens is 1. The number of allylic oxidation sites excluding steroid dienone is 3. The zero-order valence-corrected chi connectivity index (χ0v) is 7.70. The van der Waals surface area contributed by atoms with Gasteiger partial charge in [-0.05, 0) is 24.1 Å². The van der Waals surface area contributed by atoms with Crippen LogP contribution in [0.3, 0.4) is 0 Å². The molecule has 0 bridgehead atoms. The minimum absolute atomic E-state index is 0.193. The molecule has 0 amide bonds. The van der Waals surface area contributed by atoms with Gasteiger partial charge in [-0.15, -0.1) is 0 Å². The van der Waals surface area contributed by atoms with Crippen LogP contribution in [0.4, 0.5) is 4.39 Å². The van der Waals surface area contributed by atoms with Gasteiger partial charge in [-0.1, -0.05) is 43.4 Å². The first-order chi connectivity index (χ1) is 6.33. The molecule has 0 aliphatic heterocycles. The van der Waals surface area contributed by atoms with Gasteiger partial charge in [0.1, 0.15) is 5.82 Å². The van der Waals surface area contributed by atoms with E-state index in [4.69, 9.17) is 0 Å². The van der Waals surface area contributed by atoms with Gasteiger partial charge in [0.15, 0.2) is 0 Å². The maximum absolute atomic E-state index is 12.5. The maximum atomic E-state index is 12.5. The summed E-state index contributed by atoms with van der Waals surface area (Å²) in [5, 5.41) is 0. The second-order valence-corrected chi connectivity index (χ2v) is 2.75. The molecular weight excluding hydrogens is 163 g/mol. The molecule has 0 heterocycles. The fourth-order valence-corrected chi connectivity index (χ4v) is 0.955. The maximum Gasteiger partial charge on any atom is 0.123 e. The molecule has 0 nitrogen and oxygen atoms in total. The molecule has 0 atom stereocenters. The molecule has 1 aromatic rings. The highest BCUT2D eigenvalue weighted by Gasteiger charge is 1.86. The Hall–Kier alpha value is -1.37. The molecule has 0 aliphatic carbocycles. The lowest BCUT2D eigenvalue weighted by molar-refractivity contribution is 0.628. The number of hydrogen-bond acceptors (Lipinski definition) is 0. The average Bonchev–Trinajstić information content (AvgIpc) is 2.15. The van der Waals surface area contributed by atoms with E-state index in [9.17, 15) is 4.39 Å². The lowest BCUT2D eigenvalue weighted by Crippen LogP contribution is -1.73. The van der Waals surface area contributed by atoms with Crippen molar-refractivity contribution in [1.82, 2.24) is 0 Å². The van der Waals surface area contributed by atoms with Gasteiger partial charge in [0.05, 0.1) is 0 Å². The SMILES string of the molecule is CC/C=C\C=C\c1ccc(F)cc1. The third-order valence-corrected chi connectivity index (χ3v) is 1.64. The molecule has 0 unspecified atom stereocenters. The van der Waals surface area contributed by atoms with Crippen molar-refractivity contribution < 1.29 is 4.39 Å². The molecule has 1 heteroatoms. The third kappa shape index (κ3) is 3.70. The van der Waals surface area contributed by atoms with Gasteiger partial charge in [0.25, 0.3) is 0 Å². The van der Waals surface area contributed by atoms with Crippen molar-refractivity contribution in [2.24, 2.45) is 0 Å². The van der Waals surface area contributed by atoms with E-state index in [-0.39, 0.29) is 5.82 Å². The molecule has 0 aromatic heterocycles. The fraction of sp³-hybridized carbons (Fsp3) is 0.167. The van der Waals surface area contributed by atoms with Crippen molar-refractivity contribution in [2.75, 3.05) is 0 Å². The summed E-state index contributed by atoms with van der Waals surface area (Å²) in [4.78, 5) is 0. The van der Waals surface area contributed by atoms with Gasteiger partial charge in [-0.3, -0.25) is 0 Å². The average molecular weight is 176 g/mol. The van der Waals surface area contributed by atoms with Crippen molar-refractivity contribution in [3.63, 3.8) is 0 Å². The van der Waals surface area contributed by atoms with Crippen molar-refractivity contribution in [3.8, 4) is 0 Å². The molecule has 0 fully saturated rings. The predicted octanol–water partition coefficient (Wildman–Crippen LogP) is 3.81. The van der Waals surface area contributed by atoms with E-state index in [0.717, 1.165) is 12.0 Å². The summed E-state index contributed by atoms with van der Waals surface area (Å²) >= 11 is 0. The van der Waals surface area contributed by atoms with Crippen molar-refractivity contribution in [2.45, 2.75) is 13.3 Å². The Morgan fingerprint density at radius 2 is 1.85 bits per heavy atom. The number of hydrogen-bond donors (Lipinski definition) is 0. The molecule has 1 aromatic carbocycles. The number of rotatable bonds is 3. The van der Waals surface area contributed by atoms with Crippen LogP contribution in [-0.4, -0.2) is 0 Å². The van der Waals surface area contributed by atoms with Crippen LogP contribution in [-0.2, 0) is 0 Å². The van der Waals surface area contributed by atoms with Crippen molar-refractivity contribution in [1.29, 1.82) is 0 Å². The lowest BCUT2D eigenvalue weighted by atomic mass is 10.2. The quantitative estimate of drug-likeness (QED) is 0.614. The summed E-state index contributed by atoms with van der Waals surface area (Å²) < 4.78 is 12.5. The molecule has 13 heavy (non-hydrogen) atoms. The van der Waals surface area contributed by atoms with Crippen LogP contribution in [0.5, 0.6) is 0 Å². The Labute approximate surface area is 78.4 Å². The monoisotopic (exact) mass is 176 g/mol. The molecule has 0 radical (unpaired) electrons. The van der Waals surface area contributed by atoms with E-state index in [0.29, 0.717) is 0 Å². The summed E-state index contributed by atoms with van der Waals surface area (Å²) in [6.45, 7) is 2.09. The van der Waals surface area contributed by atoms with Crippen LogP contribution in [0.2, 0.25) is 0 Å². The molecule has 1 rings (SSSR count). The van der Waals surface area contributed by atoms with Gasteiger partial charge in [0, 0.05) is 0 Å². The van der Waals surface area contributed by atoms with Gasteiger partial charge in [-0.25, -0.2) is 4.39 Å². The normalized spacial score (nSPS) is 11.5. The minimum Gasteiger partial charge on any atom is -0.207 e. The van der Waals surface area contributed by atoms with Gasteiger partial charge < -0.3 is 0 Å². The van der Waals surface area contributed by atoms with Crippen LogP contribution in [0, 0.1) is 5.82 Å². The molecule has 0 spiro atoms. The van der Waals surface area contributed by atoms with Crippen molar-refractivity contribution in [3.05, 3.63) is 53.9 Å². The van der Waals surface area contributed by atoms with E-state index in [2.05, 4.69) is 13.0 Å². The van der Waals surface area contributed by atoms with Gasteiger partial charge in [0.2, 0.25) is 0 Å². The van der Waals surface area contributed by atoms with E-state index in [1.54, 1.807) is 12.1 Å². The minimum atomic E-state index is -0.193. The largest absolute Gasteiger partial charge is 0.207 e. The molecular formula is C12H13F. The van der Waals surface area contributed by atoms with Crippen LogP contribution < -0.4 is 0 Å². The molecule has 0 saturated heterocycles. The van der Waals surface area contributed by atoms with Crippen LogP contribution in [0.15, 0.2) is 42.5 Å². The van der Waals surface area contributed by atoms with Crippen LogP contribution in [0.1, 0.15) is 18.9 Å². The predicted molar refractivity (Wildman–Crippen MR) is 54.9 cm³/mol. The molecule has 0 saturated carbocycles. The van der Waals surface area contributed by atoms with Crippen molar-refractivity contribution >= 4 is 6.08 Å². The van der Waals surface area contributed by atoms with E-state index >= 15 is 0 Å². The molecule has 68 valence electrons. The summed E-state index contributed by atoms with van der Waals surface area (Å²) in [7, 11) is 0.